The number of nitrogens with zero attached hydrogens (tertiary/aromatic N) is 1. The van der Waals surface area contributed by atoms with Crippen LogP contribution in [0.5, 0.6) is 11.5 Å². The van der Waals surface area contributed by atoms with Gasteiger partial charge in [-0.2, -0.15) is 5.10 Å². The first-order valence-electron chi connectivity index (χ1n) is 7.01. The van der Waals surface area contributed by atoms with Gasteiger partial charge < -0.3 is 9.47 Å². The van der Waals surface area contributed by atoms with Gasteiger partial charge in [0.25, 0.3) is 0 Å². The fraction of sp³-hybridized carbons (Fsp3) is 0.176. The predicted octanol–water partition coefficient (Wildman–Crippen LogP) is 3.70. The summed E-state index contributed by atoms with van der Waals surface area (Å²) in [5, 5.41) is 4.98. The van der Waals surface area contributed by atoms with Crippen LogP contribution in [0.25, 0.3) is 0 Å². The number of hydrogen-bond acceptors (Lipinski definition) is 4. The first-order chi connectivity index (χ1) is 11.5. The maximum absolute atomic E-state index is 11.9. The minimum absolute atomic E-state index is 0.203. The van der Waals surface area contributed by atoms with Gasteiger partial charge >= 0.3 is 0 Å². The minimum Gasteiger partial charge on any atom is -0.496 e. The van der Waals surface area contributed by atoms with E-state index in [-0.39, 0.29) is 12.3 Å². The summed E-state index contributed by atoms with van der Waals surface area (Å²) in [4.78, 5) is 11.9. The normalized spacial score (nSPS) is 10.7. The number of carbonyl (C=O) groups is 1. The smallest absolute Gasteiger partial charge is 0.244 e. The standard InChI is InChI=1S/C17H16Cl2N2O3/c1-23-15-9-16(24-2)14(19)8-12(15)10-20-21-17(22)7-11-3-5-13(18)6-4-11/h3-6,8-10H,7H2,1-2H3,(H,21,22)/b20-10-. The molecule has 5 nitrogen and oxygen atoms in total. The molecule has 7 heteroatoms. The van der Waals surface area contributed by atoms with Crippen molar-refractivity contribution >= 4 is 35.3 Å². The van der Waals surface area contributed by atoms with Gasteiger partial charge in [-0.3, -0.25) is 4.79 Å². The topological polar surface area (TPSA) is 59.9 Å². The second-order valence-corrected chi connectivity index (χ2v) is 5.67. The zero-order valence-electron chi connectivity index (χ0n) is 13.2. The Kier molecular flexibility index (Phi) is 6.46. The number of hydrogen-bond donors (Lipinski definition) is 1. The van der Waals surface area contributed by atoms with Gasteiger partial charge in [0, 0.05) is 16.7 Å². The van der Waals surface area contributed by atoms with Gasteiger partial charge in [0.15, 0.2) is 0 Å². The Bertz CT molecular complexity index is 746. The fourth-order valence-corrected chi connectivity index (χ4v) is 2.36. The molecular weight excluding hydrogens is 351 g/mol. The Hall–Kier alpha value is -2.24. The number of halogens is 2. The van der Waals surface area contributed by atoms with Crippen molar-refractivity contribution in [3.05, 3.63) is 57.6 Å². The largest absolute Gasteiger partial charge is 0.496 e. The Morgan fingerprint density at radius 2 is 1.79 bits per heavy atom. The second kappa shape index (κ2) is 8.57. The summed E-state index contributed by atoms with van der Waals surface area (Å²) >= 11 is 11.9. The maximum atomic E-state index is 11.9. The number of amides is 1. The van der Waals surface area contributed by atoms with Crippen LogP contribution < -0.4 is 14.9 Å². The molecule has 24 heavy (non-hydrogen) atoms. The van der Waals surface area contributed by atoms with E-state index >= 15 is 0 Å². The van der Waals surface area contributed by atoms with E-state index in [1.807, 2.05) is 0 Å². The monoisotopic (exact) mass is 366 g/mol. The third kappa shape index (κ3) is 4.88. The van der Waals surface area contributed by atoms with Crippen molar-refractivity contribution in [2.24, 2.45) is 5.10 Å². The molecule has 126 valence electrons. The molecule has 0 bridgehead atoms. The lowest BCUT2D eigenvalue weighted by atomic mass is 10.1. The molecule has 0 aliphatic rings. The van der Waals surface area contributed by atoms with Gasteiger partial charge in [0.1, 0.15) is 11.5 Å². The van der Waals surface area contributed by atoms with E-state index in [1.165, 1.54) is 20.4 Å². The van der Waals surface area contributed by atoms with Crippen molar-refractivity contribution in [2.45, 2.75) is 6.42 Å². The van der Waals surface area contributed by atoms with Crippen LogP contribution in [0.1, 0.15) is 11.1 Å². The molecule has 0 saturated carbocycles. The minimum atomic E-state index is -0.243. The van der Waals surface area contributed by atoms with Gasteiger partial charge in [-0.05, 0) is 23.8 Å². The van der Waals surface area contributed by atoms with Crippen LogP contribution in [-0.4, -0.2) is 26.3 Å². The lowest BCUT2D eigenvalue weighted by Gasteiger charge is -2.09. The van der Waals surface area contributed by atoms with Crippen LogP contribution in [0.2, 0.25) is 10.0 Å². The molecule has 2 aromatic carbocycles. The number of nitrogens with one attached hydrogen (secondary N) is 1. The molecule has 0 radical (unpaired) electrons. The van der Waals surface area contributed by atoms with E-state index in [0.29, 0.717) is 27.1 Å². The number of hydrazone groups is 1. The molecule has 0 aliphatic carbocycles. The molecule has 0 fully saturated rings. The molecule has 0 spiro atoms. The van der Waals surface area contributed by atoms with Crippen LogP contribution in [0.3, 0.4) is 0 Å². The van der Waals surface area contributed by atoms with E-state index in [4.69, 9.17) is 32.7 Å². The number of carbonyl (C=O) groups excluding carboxylic acids is 1. The number of benzene rings is 2. The average Bonchev–Trinajstić information content (AvgIpc) is 2.57. The number of methoxy groups -OCH3 is 2. The van der Waals surface area contributed by atoms with Gasteiger partial charge in [-0.25, -0.2) is 5.43 Å². The molecule has 0 heterocycles. The first kappa shape index (κ1) is 18.1. The summed E-state index contributed by atoms with van der Waals surface area (Å²) in [6.45, 7) is 0. The molecule has 1 amide bonds. The molecule has 1 N–H and O–H groups in total. The molecular formula is C17H16Cl2N2O3. The highest BCUT2D eigenvalue weighted by Gasteiger charge is 2.08. The summed E-state index contributed by atoms with van der Waals surface area (Å²) in [5.74, 6) is 0.788. The fourth-order valence-electron chi connectivity index (χ4n) is 1.99. The quantitative estimate of drug-likeness (QED) is 0.626. The van der Waals surface area contributed by atoms with Crippen molar-refractivity contribution in [1.82, 2.24) is 5.43 Å². The highest BCUT2D eigenvalue weighted by atomic mass is 35.5. The molecule has 0 aliphatic heterocycles. The number of ether oxygens (including phenoxy) is 2. The average molecular weight is 367 g/mol. The second-order valence-electron chi connectivity index (χ2n) is 4.83. The Labute approximate surface area is 150 Å². The molecule has 2 aromatic rings. The molecule has 2 rings (SSSR count). The lowest BCUT2D eigenvalue weighted by Crippen LogP contribution is -2.19. The van der Waals surface area contributed by atoms with Crippen LogP contribution >= 0.6 is 23.2 Å². The van der Waals surface area contributed by atoms with Crippen molar-refractivity contribution in [3.63, 3.8) is 0 Å². The predicted molar refractivity (Wildman–Crippen MR) is 95.4 cm³/mol. The SMILES string of the molecule is COc1cc(OC)c(/C=N\NC(=O)Cc2ccc(Cl)cc2)cc1Cl. The first-order valence-corrected chi connectivity index (χ1v) is 7.77. The lowest BCUT2D eigenvalue weighted by molar-refractivity contribution is -0.120. The van der Waals surface area contributed by atoms with Gasteiger partial charge in [-0.1, -0.05) is 35.3 Å². The van der Waals surface area contributed by atoms with Crippen molar-refractivity contribution in [1.29, 1.82) is 0 Å². The third-order valence-corrected chi connectivity index (χ3v) is 3.72. The van der Waals surface area contributed by atoms with Crippen LogP contribution in [0.4, 0.5) is 0 Å². The van der Waals surface area contributed by atoms with Gasteiger partial charge in [0.2, 0.25) is 5.91 Å². The summed E-state index contributed by atoms with van der Waals surface area (Å²) in [5.41, 5.74) is 3.93. The van der Waals surface area contributed by atoms with Gasteiger partial charge in [0.05, 0.1) is 31.9 Å². The zero-order valence-corrected chi connectivity index (χ0v) is 14.7. The maximum Gasteiger partial charge on any atom is 0.244 e. The zero-order chi connectivity index (χ0) is 17.5. The third-order valence-electron chi connectivity index (χ3n) is 3.17. The van der Waals surface area contributed by atoms with Crippen LogP contribution in [0, 0.1) is 0 Å². The highest BCUT2D eigenvalue weighted by Crippen LogP contribution is 2.31. The highest BCUT2D eigenvalue weighted by molar-refractivity contribution is 6.32. The summed E-state index contributed by atoms with van der Waals surface area (Å²) in [6.07, 6.45) is 1.67. The Morgan fingerprint density at radius 3 is 2.42 bits per heavy atom. The molecule has 0 atom stereocenters. The van der Waals surface area contributed by atoms with Gasteiger partial charge in [-0.15, -0.1) is 0 Å². The molecule has 0 aromatic heterocycles. The van der Waals surface area contributed by atoms with Crippen molar-refractivity contribution < 1.29 is 14.3 Å². The van der Waals surface area contributed by atoms with Crippen molar-refractivity contribution in [2.75, 3.05) is 14.2 Å². The van der Waals surface area contributed by atoms with Crippen LogP contribution in [-0.2, 0) is 11.2 Å². The Morgan fingerprint density at radius 1 is 1.12 bits per heavy atom. The van der Waals surface area contributed by atoms with Crippen molar-refractivity contribution in [3.8, 4) is 11.5 Å². The molecule has 0 saturated heterocycles. The molecule has 0 unspecified atom stereocenters. The van der Waals surface area contributed by atoms with E-state index < -0.39 is 0 Å². The van der Waals surface area contributed by atoms with E-state index in [9.17, 15) is 4.79 Å². The van der Waals surface area contributed by atoms with E-state index in [1.54, 1.807) is 36.4 Å². The van der Waals surface area contributed by atoms with E-state index in [2.05, 4.69) is 10.5 Å². The van der Waals surface area contributed by atoms with Crippen LogP contribution in [0.15, 0.2) is 41.5 Å². The summed E-state index contributed by atoms with van der Waals surface area (Å²) in [7, 11) is 3.05. The number of rotatable bonds is 6. The Balaban J connectivity index is 2.01. The summed E-state index contributed by atoms with van der Waals surface area (Å²) < 4.78 is 10.4. The van der Waals surface area contributed by atoms with E-state index in [0.717, 1.165) is 5.56 Å². The summed E-state index contributed by atoms with van der Waals surface area (Å²) in [6, 6.07) is 10.3.